The monoisotopic (exact) mass is 265 g/mol. The summed E-state index contributed by atoms with van der Waals surface area (Å²) in [7, 11) is 0. The van der Waals surface area contributed by atoms with Crippen molar-refractivity contribution in [1.29, 1.82) is 0 Å². The zero-order chi connectivity index (χ0) is 13.9. The molecule has 0 aliphatic heterocycles. The lowest BCUT2D eigenvalue weighted by atomic mass is 10.1. The van der Waals surface area contributed by atoms with Crippen LogP contribution in [0.15, 0.2) is 48.5 Å². The van der Waals surface area contributed by atoms with Gasteiger partial charge in [-0.15, -0.1) is 0 Å². The van der Waals surface area contributed by atoms with Gasteiger partial charge in [-0.1, -0.05) is 42.5 Å². The first-order chi connectivity index (χ1) is 9.75. The van der Waals surface area contributed by atoms with Crippen molar-refractivity contribution < 1.29 is 0 Å². The lowest BCUT2D eigenvalue weighted by molar-refractivity contribution is 0.664. The average Bonchev–Trinajstić information content (AvgIpc) is 2.78. The number of hydrogen-bond donors (Lipinski definition) is 1. The summed E-state index contributed by atoms with van der Waals surface area (Å²) >= 11 is 0. The van der Waals surface area contributed by atoms with Gasteiger partial charge >= 0.3 is 0 Å². The van der Waals surface area contributed by atoms with Crippen LogP contribution in [0.3, 0.4) is 0 Å². The highest BCUT2D eigenvalue weighted by Gasteiger charge is 2.09. The first-order valence-electron chi connectivity index (χ1n) is 7.01. The summed E-state index contributed by atoms with van der Waals surface area (Å²) in [4.78, 5) is 4.44. The molecule has 0 unspecified atom stereocenters. The number of rotatable bonds is 4. The summed E-state index contributed by atoms with van der Waals surface area (Å²) in [5.41, 5.74) is 10.8. The zero-order valence-corrected chi connectivity index (χ0v) is 11.7. The first-order valence-corrected chi connectivity index (χ1v) is 7.01. The van der Waals surface area contributed by atoms with Crippen molar-refractivity contribution in [3.05, 3.63) is 59.7 Å². The largest absolute Gasteiger partial charge is 0.369 e. The van der Waals surface area contributed by atoms with E-state index in [9.17, 15) is 0 Å². The van der Waals surface area contributed by atoms with Crippen molar-refractivity contribution in [3.63, 3.8) is 0 Å². The molecule has 3 heteroatoms. The molecule has 102 valence electrons. The van der Waals surface area contributed by atoms with Gasteiger partial charge in [0, 0.05) is 6.54 Å². The molecule has 0 atom stereocenters. The van der Waals surface area contributed by atoms with E-state index in [0.717, 1.165) is 30.4 Å². The summed E-state index contributed by atoms with van der Waals surface area (Å²) in [5.74, 6) is 0.613. The maximum atomic E-state index is 6.05. The van der Waals surface area contributed by atoms with Crippen LogP contribution in [0.5, 0.6) is 0 Å². The number of para-hydroxylation sites is 1. The van der Waals surface area contributed by atoms with E-state index in [1.165, 1.54) is 11.1 Å². The van der Waals surface area contributed by atoms with Gasteiger partial charge in [0.2, 0.25) is 5.95 Å². The Labute approximate surface area is 119 Å². The standard InChI is InChI=1S/C17H19N3/c1-13-7-5-11-15-16(13)20(17(18)19-15)12-6-10-14-8-3-2-4-9-14/h2-5,7-9,11H,6,10,12H2,1H3,(H2,18,19). The minimum atomic E-state index is 0.613. The molecule has 0 aliphatic carbocycles. The average molecular weight is 265 g/mol. The van der Waals surface area contributed by atoms with Gasteiger partial charge in [-0.3, -0.25) is 0 Å². The number of aryl methyl sites for hydroxylation is 3. The van der Waals surface area contributed by atoms with Crippen LogP contribution in [0.4, 0.5) is 5.95 Å². The quantitative estimate of drug-likeness (QED) is 0.784. The number of nitrogen functional groups attached to an aromatic ring is 1. The fourth-order valence-electron chi connectivity index (χ4n) is 2.70. The Balaban J connectivity index is 1.79. The minimum absolute atomic E-state index is 0.613. The van der Waals surface area contributed by atoms with Crippen LogP contribution < -0.4 is 5.73 Å². The van der Waals surface area contributed by atoms with Crippen LogP contribution >= 0.6 is 0 Å². The van der Waals surface area contributed by atoms with E-state index >= 15 is 0 Å². The molecule has 3 nitrogen and oxygen atoms in total. The molecule has 0 aliphatic rings. The molecule has 2 aromatic carbocycles. The van der Waals surface area contributed by atoms with Gasteiger partial charge in [0.1, 0.15) is 0 Å². The van der Waals surface area contributed by atoms with Crippen molar-refractivity contribution >= 4 is 17.0 Å². The van der Waals surface area contributed by atoms with Crippen LogP contribution in [0.25, 0.3) is 11.0 Å². The Bertz CT molecular complexity index is 714. The normalized spacial score (nSPS) is 11.1. The third kappa shape index (κ3) is 2.39. The Kier molecular flexibility index (Phi) is 3.42. The number of benzene rings is 2. The summed E-state index contributed by atoms with van der Waals surface area (Å²) in [5, 5.41) is 0. The molecular weight excluding hydrogens is 246 g/mol. The number of aromatic nitrogens is 2. The number of anilines is 1. The molecule has 1 aromatic heterocycles. The van der Waals surface area contributed by atoms with Crippen molar-refractivity contribution in [2.75, 3.05) is 5.73 Å². The lowest BCUT2D eigenvalue weighted by Gasteiger charge is -2.08. The predicted molar refractivity (Wildman–Crippen MR) is 83.6 cm³/mol. The van der Waals surface area contributed by atoms with Gasteiger partial charge in [0.15, 0.2) is 0 Å². The Morgan fingerprint density at radius 2 is 1.85 bits per heavy atom. The lowest BCUT2D eigenvalue weighted by Crippen LogP contribution is -2.05. The fraction of sp³-hybridized carbons (Fsp3) is 0.235. The van der Waals surface area contributed by atoms with Crippen molar-refractivity contribution in [3.8, 4) is 0 Å². The molecular formula is C17H19N3. The summed E-state index contributed by atoms with van der Waals surface area (Å²) < 4.78 is 2.13. The van der Waals surface area contributed by atoms with Crippen LogP contribution in [0.1, 0.15) is 17.5 Å². The second kappa shape index (κ2) is 5.37. The second-order valence-corrected chi connectivity index (χ2v) is 5.15. The van der Waals surface area contributed by atoms with E-state index in [0.29, 0.717) is 5.95 Å². The molecule has 0 saturated heterocycles. The Hall–Kier alpha value is -2.29. The highest BCUT2D eigenvalue weighted by Crippen LogP contribution is 2.22. The number of nitrogens with two attached hydrogens (primary N) is 1. The van der Waals surface area contributed by atoms with Crippen LogP contribution in [-0.2, 0) is 13.0 Å². The molecule has 1 heterocycles. The Morgan fingerprint density at radius 3 is 2.65 bits per heavy atom. The highest BCUT2D eigenvalue weighted by molar-refractivity contribution is 5.81. The van der Waals surface area contributed by atoms with Crippen molar-refractivity contribution in [2.45, 2.75) is 26.3 Å². The predicted octanol–water partition coefficient (Wildman–Crippen LogP) is 3.56. The van der Waals surface area contributed by atoms with Gasteiger partial charge in [0.25, 0.3) is 0 Å². The van der Waals surface area contributed by atoms with Crippen molar-refractivity contribution in [2.24, 2.45) is 0 Å². The molecule has 2 N–H and O–H groups in total. The number of hydrogen-bond acceptors (Lipinski definition) is 2. The number of imidazole rings is 1. The summed E-state index contributed by atoms with van der Waals surface area (Å²) in [6, 6.07) is 16.7. The van der Waals surface area contributed by atoms with Crippen LogP contribution in [0.2, 0.25) is 0 Å². The molecule has 0 fully saturated rings. The van der Waals surface area contributed by atoms with E-state index < -0.39 is 0 Å². The van der Waals surface area contributed by atoms with Crippen molar-refractivity contribution in [1.82, 2.24) is 9.55 Å². The minimum Gasteiger partial charge on any atom is -0.369 e. The molecule has 20 heavy (non-hydrogen) atoms. The van der Waals surface area contributed by atoms with Crippen LogP contribution in [-0.4, -0.2) is 9.55 Å². The maximum Gasteiger partial charge on any atom is 0.201 e. The fourth-order valence-corrected chi connectivity index (χ4v) is 2.70. The molecule has 3 aromatic rings. The maximum absolute atomic E-state index is 6.05. The van der Waals surface area contributed by atoms with E-state index in [1.807, 2.05) is 18.2 Å². The van der Waals surface area contributed by atoms with Gasteiger partial charge in [0.05, 0.1) is 11.0 Å². The van der Waals surface area contributed by atoms with E-state index in [4.69, 9.17) is 5.73 Å². The molecule has 0 amide bonds. The number of nitrogens with zero attached hydrogens (tertiary/aromatic N) is 2. The van der Waals surface area contributed by atoms with E-state index in [1.54, 1.807) is 0 Å². The molecule has 0 spiro atoms. The third-order valence-corrected chi connectivity index (χ3v) is 3.69. The zero-order valence-electron chi connectivity index (χ0n) is 11.7. The SMILES string of the molecule is Cc1cccc2nc(N)n(CCCc3ccccc3)c12. The third-order valence-electron chi connectivity index (χ3n) is 3.69. The molecule has 3 rings (SSSR count). The Morgan fingerprint density at radius 1 is 1.05 bits per heavy atom. The molecule has 0 saturated carbocycles. The van der Waals surface area contributed by atoms with E-state index in [-0.39, 0.29) is 0 Å². The van der Waals surface area contributed by atoms with Gasteiger partial charge in [-0.05, 0) is 37.0 Å². The molecule has 0 radical (unpaired) electrons. The van der Waals surface area contributed by atoms with Gasteiger partial charge in [-0.2, -0.15) is 0 Å². The number of fused-ring (bicyclic) bond motifs is 1. The summed E-state index contributed by atoms with van der Waals surface area (Å²) in [6.07, 6.45) is 2.12. The smallest absolute Gasteiger partial charge is 0.201 e. The highest BCUT2D eigenvalue weighted by atomic mass is 15.1. The second-order valence-electron chi connectivity index (χ2n) is 5.15. The first kappa shape index (κ1) is 12.7. The van der Waals surface area contributed by atoms with Gasteiger partial charge in [-0.25, -0.2) is 4.98 Å². The van der Waals surface area contributed by atoms with Gasteiger partial charge < -0.3 is 10.3 Å². The van der Waals surface area contributed by atoms with Crippen LogP contribution in [0, 0.1) is 6.92 Å². The summed E-state index contributed by atoms with van der Waals surface area (Å²) in [6.45, 7) is 3.01. The van der Waals surface area contributed by atoms with E-state index in [2.05, 4.69) is 46.8 Å². The molecule has 0 bridgehead atoms. The topological polar surface area (TPSA) is 43.8 Å².